The minimum Gasteiger partial charge on any atom is -0.492 e. The van der Waals surface area contributed by atoms with Crippen LogP contribution in [0.4, 0.5) is 5.69 Å². The second-order valence-electron chi connectivity index (χ2n) is 5.40. The first kappa shape index (κ1) is 16.7. The van der Waals surface area contributed by atoms with Gasteiger partial charge in [0.15, 0.2) is 5.11 Å². The largest absolute Gasteiger partial charge is 0.492 e. The summed E-state index contributed by atoms with van der Waals surface area (Å²) in [6.45, 7) is 6.53. The van der Waals surface area contributed by atoms with Gasteiger partial charge in [0.25, 0.3) is 5.91 Å². The van der Waals surface area contributed by atoms with Crippen LogP contribution in [0.3, 0.4) is 0 Å². The molecule has 1 amide bonds. The van der Waals surface area contributed by atoms with Gasteiger partial charge in [0.2, 0.25) is 0 Å². The van der Waals surface area contributed by atoms with Gasteiger partial charge >= 0.3 is 0 Å². The number of hydrogen-bond donors (Lipinski definition) is 1. The predicted octanol–water partition coefficient (Wildman–Crippen LogP) is 4.03. The number of carbonyl (C=O) groups is 1. The number of thiophene rings is 1. The standard InChI is InChI=1S/C18H18N2O2S2/c1-4-22-16-8-6-5-7-15(16)20-17(21)14(19-18(20)23)10-13-9-11(2)24-12(13)3/h5-10H,4H2,1-3H3,(H,19,23)/b14-10+. The summed E-state index contributed by atoms with van der Waals surface area (Å²) in [7, 11) is 0. The second-order valence-corrected chi connectivity index (χ2v) is 7.25. The summed E-state index contributed by atoms with van der Waals surface area (Å²) in [4.78, 5) is 16.7. The Morgan fingerprint density at radius 3 is 2.75 bits per heavy atom. The Morgan fingerprint density at radius 2 is 2.08 bits per heavy atom. The molecule has 2 heterocycles. The summed E-state index contributed by atoms with van der Waals surface area (Å²) in [5, 5.41) is 3.39. The van der Waals surface area contributed by atoms with Crippen molar-refractivity contribution in [2.75, 3.05) is 11.5 Å². The third-order valence-electron chi connectivity index (χ3n) is 3.66. The van der Waals surface area contributed by atoms with Crippen LogP contribution in [0.1, 0.15) is 22.2 Å². The molecular weight excluding hydrogens is 340 g/mol. The number of hydrogen-bond acceptors (Lipinski definition) is 4. The number of para-hydroxylation sites is 2. The normalized spacial score (nSPS) is 16.0. The molecule has 0 atom stereocenters. The summed E-state index contributed by atoms with van der Waals surface area (Å²) in [6.07, 6.45) is 1.86. The van der Waals surface area contributed by atoms with Crippen LogP contribution in [0, 0.1) is 13.8 Å². The Kier molecular flexibility index (Phi) is 4.69. The highest BCUT2D eigenvalue weighted by Gasteiger charge is 2.33. The van der Waals surface area contributed by atoms with Gasteiger partial charge in [0, 0.05) is 9.75 Å². The Balaban J connectivity index is 1.97. The van der Waals surface area contributed by atoms with E-state index in [-0.39, 0.29) is 5.91 Å². The lowest BCUT2D eigenvalue weighted by atomic mass is 10.2. The molecule has 1 N–H and O–H groups in total. The topological polar surface area (TPSA) is 41.6 Å². The number of carbonyl (C=O) groups excluding carboxylic acids is 1. The molecular formula is C18H18N2O2S2. The molecule has 2 aromatic rings. The van der Waals surface area contributed by atoms with E-state index in [4.69, 9.17) is 17.0 Å². The Bertz CT molecular complexity index is 839. The number of anilines is 1. The van der Waals surface area contributed by atoms with Crippen molar-refractivity contribution in [1.82, 2.24) is 5.32 Å². The van der Waals surface area contributed by atoms with E-state index < -0.39 is 0 Å². The number of nitrogens with one attached hydrogen (secondary N) is 1. The molecule has 1 aromatic heterocycles. The third-order valence-corrected chi connectivity index (χ3v) is 4.93. The first-order valence-corrected chi connectivity index (χ1v) is 8.89. The molecule has 1 saturated heterocycles. The van der Waals surface area contributed by atoms with Crippen LogP contribution in [0.2, 0.25) is 0 Å². The lowest BCUT2D eigenvalue weighted by molar-refractivity contribution is -0.113. The van der Waals surface area contributed by atoms with Gasteiger partial charge < -0.3 is 10.1 Å². The number of aryl methyl sites for hydroxylation is 2. The van der Waals surface area contributed by atoms with E-state index in [1.807, 2.05) is 44.2 Å². The van der Waals surface area contributed by atoms with Crippen molar-refractivity contribution < 1.29 is 9.53 Å². The van der Waals surface area contributed by atoms with Crippen LogP contribution in [0.25, 0.3) is 6.08 Å². The number of amides is 1. The summed E-state index contributed by atoms with van der Waals surface area (Å²) >= 11 is 7.09. The highest BCUT2D eigenvalue weighted by molar-refractivity contribution is 7.80. The van der Waals surface area contributed by atoms with Crippen molar-refractivity contribution in [3.8, 4) is 5.75 Å². The minimum atomic E-state index is -0.171. The molecule has 0 spiro atoms. The van der Waals surface area contributed by atoms with Crippen LogP contribution < -0.4 is 15.0 Å². The van der Waals surface area contributed by atoms with Crippen LogP contribution in [-0.2, 0) is 4.79 Å². The van der Waals surface area contributed by atoms with E-state index in [1.165, 1.54) is 14.7 Å². The highest BCUT2D eigenvalue weighted by Crippen LogP contribution is 2.32. The average molecular weight is 358 g/mol. The zero-order chi connectivity index (χ0) is 17.3. The number of ether oxygens (including phenoxy) is 1. The second kappa shape index (κ2) is 6.75. The zero-order valence-corrected chi connectivity index (χ0v) is 15.4. The third kappa shape index (κ3) is 3.07. The van der Waals surface area contributed by atoms with Crippen LogP contribution in [0.5, 0.6) is 5.75 Å². The summed E-state index contributed by atoms with van der Waals surface area (Å²) in [5.74, 6) is 0.469. The maximum Gasteiger partial charge on any atom is 0.281 e. The first-order valence-electron chi connectivity index (χ1n) is 7.67. The van der Waals surface area contributed by atoms with Crippen molar-refractivity contribution in [3.05, 3.63) is 51.3 Å². The van der Waals surface area contributed by atoms with Gasteiger partial charge in [-0.05, 0) is 62.8 Å². The minimum absolute atomic E-state index is 0.171. The molecule has 124 valence electrons. The molecule has 0 saturated carbocycles. The van der Waals surface area contributed by atoms with Crippen molar-refractivity contribution in [2.24, 2.45) is 0 Å². The fourth-order valence-corrected chi connectivity index (χ4v) is 3.82. The smallest absolute Gasteiger partial charge is 0.281 e. The fourth-order valence-electron chi connectivity index (χ4n) is 2.62. The van der Waals surface area contributed by atoms with E-state index in [1.54, 1.807) is 11.3 Å². The van der Waals surface area contributed by atoms with Crippen LogP contribution >= 0.6 is 23.6 Å². The van der Waals surface area contributed by atoms with E-state index in [9.17, 15) is 4.79 Å². The monoisotopic (exact) mass is 358 g/mol. The number of nitrogens with zero attached hydrogens (tertiary/aromatic N) is 1. The number of rotatable bonds is 4. The molecule has 24 heavy (non-hydrogen) atoms. The average Bonchev–Trinajstić information content (AvgIpc) is 3.00. The molecule has 3 rings (SSSR count). The fraction of sp³-hybridized carbons (Fsp3) is 0.222. The molecule has 1 aliphatic heterocycles. The summed E-state index contributed by atoms with van der Waals surface area (Å²) < 4.78 is 5.62. The van der Waals surface area contributed by atoms with Gasteiger partial charge in [0.05, 0.1) is 12.3 Å². The van der Waals surface area contributed by atoms with Crippen LogP contribution in [-0.4, -0.2) is 17.6 Å². The van der Waals surface area contributed by atoms with Crippen molar-refractivity contribution in [3.63, 3.8) is 0 Å². The van der Waals surface area contributed by atoms with Crippen molar-refractivity contribution >= 4 is 46.3 Å². The summed E-state index contributed by atoms with van der Waals surface area (Å²) in [5.41, 5.74) is 2.17. The first-order chi connectivity index (χ1) is 11.5. The predicted molar refractivity (Wildman–Crippen MR) is 103 cm³/mol. The van der Waals surface area contributed by atoms with Gasteiger partial charge in [-0.25, -0.2) is 4.90 Å². The Hall–Kier alpha value is -2.18. The lowest BCUT2D eigenvalue weighted by Crippen LogP contribution is -2.30. The van der Waals surface area contributed by atoms with Crippen LogP contribution in [0.15, 0.2) is 36.0 Å². The van der Waals surface area contributed by atoms with Gasteiger partial charge in [-0.3, -0.25) is 4.79 Å². The Labute approximate surface area is 150 Å². The van der Waals surface area contributed by atoms with Gasteiger partial charge in [-0.2, -0.15) is 0 Å². The maximum absolute atomic E-state index is 12.9. The molecule has 1 aliphatic rings. The van der Waals surface area contributed by atoms with E-state index in [2.05, 4.69) is 18.3 Å². The molecule has 6 heteroatoms. The van der Waals surface area contributed by atoms with Gasteiger partial charge in [0.1, 0.15) is 11.4 Å². The molecule has 1 aromatic carbocycles. The van der Waals surface area contributed by atoms with Crippen molar-refractivity contribution in [1.29, 1.82) is 0 Å². The molecule has 1 fully saturated rings. The molecule has 4 nitrogen and oxygen atoms in total. The number of benzene rings is 1. The SMILES string of the molecule is CCOc1ccccc1N1C(=O)/C(=C\c2cc(C)sc2C)NC1=S. The Morgan fingerprint density at radius 1 is 1.33 bits per heavy atom. The molecule has 0 aliphatic carbocycles. The van der Waals surface area contributed by atoms with Gasteiger partial charge in [-0.1, -0.05) is 12.1 Å². The van der Waals surface area contributed by atoms with Crippen molar-refractivity contribution in [2.45, 2.75) is 20.8 Å². The molecule has 0 unspecified atom stereocenters. The molecule has 0 radical (unpaired) electrons. The highest BCUT2D eigenvalue weighted by atomic mass is 32.1. The summed E-state index contributed by atoms with van der Waals surface area (Å²) in [6, 6.07) is 9.48. The lowest BCUT2D eigenvalue weighted by Gasteiger charge is -2.17. The van der Waals surface area contributed by atoms with E-state index >= 15 is 0 Å². The van der Waals surface area contributed by atoms with Gasteiger partial charge in [-0.15, -0.1) is 11.3 Å². The molecule has 0 bridgehead atoms. The van der Waals surface area contributed by atoms with E-state index in [0.717, 1.165) is 5.56 Å². The quantitative estimate of drug-likeness (QED) is 0.662. The maximum atomic E-state index is 12.9. The number of thiocarbonyl (C=S) groups is 1. The zero-order valence-electron chi connectivity index (χ0n) is 13.8. The van der Waals surface area contributed by atoms with E-state index in [0.29, 0.717) is 28.9 Å².